The summed E-state index contributed by atoms with van der Waals surface area (Å²) in [6.45, 7) is 7.86. The van der Waals surface area contributed by atoms with E-state index in [1.165, 1.54) is 11.3 Å². The van der Waals surface area contributed by atoms with Crippen LogP contribution in [0.25, 0.3) is 0 Å². The predicted molar refractivity (Wildman–Crippen MR) is 102 cm³/mol. The lowest BCUT2D eigenvalue weighted by Gasteiger charge is -2.21. The van der Waals surface area contributed by atoms with Gasteiger partial charge < -0.3 is 10.6 Å². The highest BCUT2D eigenvalue weighted by Gasteiger charge is 2.25. The molecule has 25 heavy (non-hydrogen) atoms. The molecule has 0 fully saturated rings. The van der Waals surface area contributed by atoms with Gasteiger partial charge in [-0.25, -0.2) is 4.98 Å². The summed E-state index contributed by atoms with van der Waals surface area (Å²) in [5.74, 6) is -0.359. The minimum Gasteiger partial charge on any atom is -0.340 e. The fourth-order valence-corrected chi connectivity index (χ4v) is 3.15. The van der Waals surface area contributed by atoms with Crippen LogP contribution in [0.3, 0.4) is 0 Å². The molecule has 0 aliphatic rings. The number of nitrogens with one attached hydrogen (secondary N) is 2. The van der Waals surface area contributed by atoms with Crippen LogP contribution in [0.1, 0.15) is 49.7 Å². The maximum absolute atomic E-state index is 12.6. The second-order valence-electron chi connectivity index (χ2n) is 6.42. The second kappa shape index (κ2) is 8.45. The second-order valence-corrected chi connectivity index (χ2v) is 7.72. The summed E-state index contributed by atoms with van der Waals surface area (Å²) in [6, 6.07) is 5.88. The van der Waals surface area contributed by atoms with Crippen LogP contribution >= 0.6 is 22.9 Å². The quantitative estimate of drug-likeness (QED) is 0.785. The van der Waals surface area contributed by atoms with Crippen LogP contribution in [0.5, 0.6) is 0 Å². The topological polar surface area (TPSA) is 71.1 Å². The summed E-state index contributed by atoms with van der Waals surface area (Å²) in [5.41, 5.74) is 1.39. The van der Waals surface area contributed by atoms with Crippen molar-refractivity contribution in [3.63, 3.8) is 0 Å². The fourth-order valence-electron chi connectivity index (χ4n) is 2.15. The zero-order chi connectivity index (χ0) is 18.6. The maximum atomic E-state index is 12.6. The molecule has 0 spiro atoms. The van der Waals surface area contributed by atoms with Gasteiger partial charge in [-0.3, -0.25) is 9.59 Å². The van der Waals surface area contributed by atoms with Crippen LogP contribution in [0.15, 0.2) is 29.6 Å². The Morgan fingerprint density at radius 2 is 1.76 bits per heavy atom. The highest BCUT2D eigenvalue weighted by molar-refractivity contribution is 7.13. The third-order valence-corrected chi connectivity index (χ3v) is 4.71. The largest absolute Gasteiger partial charge is 0.340 e. The number of nitrogens with zero attached hydrogens (tertiary/aromatic N) is 1. The number of rotatable bonds is 6. The van der Waals surface area contributed by atoms with Crippen LogP contribution in [-0.2, 0) is 4.79 Å². The van der Waals surface area contributed by atoms with Gasteiger partial charge in [0.25, 0.3) is 5.91 Å². The van der Waals surface area contributed by atoms with Crippen molar-refractivity contribution in [1.29, 1.82) is 0 Å². The Bertz CT molecular complexity index is 741. The van der Waals surface area contributed by atoms with Crippen LogP contribution in [0.4, 0.5) is 5.13 Å². The maximum Gasteiger partial charge on any atom is 0.251 e. The molecule has 1 atom stereocenters. The number of aromatic nitrogens is 1. The number of amides is 2. The highest BCUT2D eigenvalue weighted by Crippen LogP contribution is 2.22. The number of benzene rings is 1. The molecule has 1 aromatic carbocycles. The SMILES string of the molecule is CC(C)c1csc(NC(=O)[C@@H](NC(=O)c2ccc(Cl)cc2)C(C)C)n1. The number of halogens is 1. The smallest absolute Gasteiger partial charge is 0.251 e. The van der Waals surface area contributed by atoms with Gasteiger partial charge in [0.2, 0.25) is 5.91 Å². The van der Waals surface area contributed by atoms with Gasteiger partial charge >= 0.3 is 0 Å². The molecule has 5 nitrogen and oxygen atoms in total. The standard InChI is InChI=1S/C18H22ClN3O2S/c1-10(2)14-9-25-18(20-14)22-17(24)15(11(3)4)21-16(23)12-5-7-13(19)8-6-12/h5-11,15H,1-4H3,(H,21,23)(H,20,22,24)/t15-/m0/s1. The van der Waals surface area contributed by atoms with E-state index in [0.717, 1.165) is 5.69 Å². The molecule has 0 bridgehead atoms. The molecular weight excluding hydrogens is 358 g/mol. The molecule has 2 rings (SSSR count). The summed E-state index contributed by atoms with van der Waals surface area (Å²) in [4.78, 5) is 29.3. The minimum absolute atomic E-state index is 0.0687. The first kappa shape index (κ1) is 19.4. The molecule has 1 heterocycles. The number of carbonyl (C=O) groups is 2. The molecule has 0 radical (unpaired) electrons. The number of hydrogen-bond donors (Lipinski definition) is 2. The van der Waals surface area contributed by atoms with Crippen molar-refractivity contribution in [3.05, 3.63) is 45.9 Å². The Morgan fingerprint density at radius 1 is 1.12 bits per heavy atom. The van der Waals surface area contributed by atoms with E-state index < -0.39 is 6.04 Å². The number of anilines is 1. The third kappa shape index (κ3) is 5.28. The van der Waals surface area contributed by atoms with Crippen LogP contribution in [0, 0.1) is 5.92 Å². The molecule has 0 aliphatic heterocycles. The number of thiazole rings is 1. The van der Waals surface area contributed by atoms with E-state index in [1.807, 2.05) is 33.1 Å². The molecule has 2 aromatic rings. The van der Waals surface area contributed by atoms with E-state index in [4.69, 9.17) is 11.6 Å². The minimum atomic E-state index is -0.658. The van der Waals surface area contributed by atoms with Gasteiger partial charge in [-0.15, -0.1) is 11.3 Å². The van der Waals surface area contributed by atoms with E-state index >= 15 is 0 Å². The average Bonchev–Trinajstić information content (AvgIpc) is 3.01. The van der Waals surface area contributed by atoms with Crippen molar-refractivity contribution in [2.75, 3.05) is 5.32 Å². The predicted octanol–water partition coefficient (Wildman–Crippen LogP) is 4.31. The lowest BCUT2D eigenvalue weighted by Crippen LogP contribution is -2.47. The first-order valence-electron chi connectivity index (χ1n) is 8.10. The van der Waals surface area contributed by atoms with E-state index in [1.54, 1.807) is 24.3 Å². The average molecular weight is 380 g/mol. The van der Waals surface area contributed by atoms with Crippen LogP contribution in [0.2, 0.25) is 5.02 Å². The summed E-state index contributed by atoms with van der Waals surface area (Å²) >= 11 is 7.22. The first-order valence-corrected chi connectivity index (χ1v) is 9.36. The molecule has 2 amide bonds. The van der Waals surface area contributed by atoms with Gasteiger partial charge in [0.1, 0.15) is 6.04 Å². The van der Waals surface area contributed by atoms with Gasteiger partial charge in [0.05, 0.1) is 5.69 Å². The zero-order valence-electron chi connectivity index (χ0n) is 14.7. The Labute approximate surface area is 156 Å². The third-order valence-electron chi connectivity index (χ3n) is 3.69. The molecule has 134 valence electrons. The number of carbonyl (C=O) groups excluding carboxylic acids is 2. The summed E-state index contributed by atoms with van der Waals surface area (Å²) in [6.07, 6.45) is 0. The van der Waals surface area contributed by atoms with Crippen molar-refractivity contribution < 1.29 is 9.59 Å². The number of hydrogen-bond acceptors (Lipinski definition) is 4. The molecular formula is C18H22ClN3O2S. The van der Waals surface area contributed by atoms with Crippen molar-refractivity contribution >= 4 is 39.9 Å². The van der Waals surface area contributed by atoms with Crippen molar-refractivity contribution in [2.45, 2.75) is 39.7 Å². The highest BCUT2D eigenvalue weighted by atomic mass is 35.5. The van der Waals surface area contributed by atoms with Crippen molar-refractivity contribution in [3.8, 4) is 0 Å². The molecule has 0 saturated heterocycles. The van der Waals surface area contributed by atoms with Gasteiger partial charge in [0.15, 0.2) is 5.13 Å². The molecule has 2 N–H and O–H groups in total. The molecule has 0 unspecified atom stereocenters. The van der Waals surface area contributed by atoms with Crippen LogP contribution < -0.4 is 10.6 Å². The Morgan fingerprint density at radius 3 is 2.28 bits per heavy atom. The summed E-state index contributed by atoms with van der Waals surface area (Å²) in [7, 11) is 0. The monoisotopic (exact) mass is 379 g/mol. The van der Waals surface area contributed by atoms with Gasteiger partial charge in [0, 0.05) is 16.0 Å². The van der Waals surface area contributed by atoms with Gasteiger partial charge in [-0.05, 0) is 36.1 Å². The van der Waals surface area contributed by atoms with Gasteiger partial charge in [-0.1, -0.05) is 39.3 Å². The van der Waals surface area contributed by atoms with Crippen molar-refractivity contribution in [2.24, 2.45) is 5.92 Å². The van der Waals surface area contributed by atoms with E-state index in [0.29, 0.717) is 21.6 Å². The van der Waals surface area contributed by atoms with Crippen LogP contribution in [-0.4, -0.2) is 22.8 Å². The van der Waals surface area contributed by atoms with E-state index in [-0.39, 0.29) is 17.7 Å². The summed E-state index contributed by atoms with van der Waals surface area (Å²) in [5, 5.41) is 8.61. The Kier molecular flexibility index (Phi) is 6.56. The normalized spacial score (nSPS) is 12.3. The summed E-state index contributed by atoms with van der Waals surface area (Å²) < 4.78 is 0. The lowest BCUT2D eigenvalue weighted by molar-refractivity contribution is -0.118. The van der Waals surface area contributed by atoms with E-state index in [2.05, 4.69) is 15.6 Å². The molecule has 7 heteroatoms. The molecule has 0 aliphatic carbocycles. The van der Waals surface area contributed by atoms with Gasteiger partial charge in [-0.2, -0.15) is 0 Å². The first-order chi connectivity index (χ1) is 11.8. The lowest BCUT2D eigenvalue weighted by atomic mass is 10.0. The Hall–Kier alpha value is -1.92. The Balaban J connectivity index is 2.07. The molecule has 0 saturated carbocycles. The zero-order valence-corrected chi connectivity index (χ0v) is 16.2. The fraction of sp³-hybridized carbons (Fsp3) is 0.389. The van der Waals surface area contributed by atoms with E-state index in [9.17, 15) is 9.59 Å². The van der Waals surface area contributed by atoms with Crippen molar-refractivity contribution in [1.82, 2.24) is 10.3 Å². The molecule has 1 aromatic heterocycles.